The van der Waals surface area contributed by atoms with Crippen molar-refractivity contribution in [2.24, 2.45) is 5.16 Å². The Bertz CT molecular complexity index is 805. The first-order valence-electron chi connectivity index (χ1n) is 8.97. The van der Waals surface area contributed by atoms with E-state index < -0.39 is 5.60 Å². The molecular formula is C20H29N3O2. The molecule has 0 saturated carbocycles. The van der Waals surface area contributed by atoms with Crippen LogP contribution in [0.4, 0.5) is 0 Å². The Balaban J connectivity index is 2.73. The topological polar surface area (TPSA) is 70.6 Å². The number of aliphatic hydroxyl groups is 1. The first-order chi connectivity index (χ1) is 11.9. The fourth-order valence-corrected chi connectivity index (χ4v) is 3.05. The van der Waals surface area contributed by atoms with Gasteiger partial charge in [-0.25, -0.2) is 4.98 Å². The van der Waals surface area contributed by atoms with Crippen molar-refractivity contribution >= 4 is 17.4 Å². The minimum Gasteiger partial charge on any atom is -0.410 e. The monoisotopic (exact) mass is 343 g/mol. The van der Waals surface area contributed by atoms with Crippen molar-refractivity contribution in [2.75, 3.05) is 0 Å². The van der Waals surface area contributed by atoms with Crippen molar-refractivity contribution in [3.05, 3.63) is 40.8 Å². The van der Waals surface area contributed by atoms with Crippen molar-refractivity contribution in [3.63, 3.8) is 0 Å². The number of rotatable bonds is 6. The molecule has 0 saturated heterocycles. The first kappa shape index (κ1) is 19.2. The van der Waals surface area contributed by atoms with Crippen molar-refractivity contribution in [3.8, 4) is 0 Å². The normalized spacial score (nSPS) is 19.2. The number of unbranched alkanes of at least 4 members (excludes halogenated alkanes) is 2. The third-order valence-corrected chi connectivity index (χ3v) is 4.16. The van der Waals surface area contributed by atoms with Crippen LogP contribution in [0.2, 0.25) is 0 Å². The lowest BCUT2D eigenvalue weighted by molar-refractivity contribution is 0.0597. The van der Waals surface area contributed by atoms with Crippen molar-refractivity contribution in [1.82, 2.24) is 9.55 Å². The Labute approximate surface area is 149 Å². The second-order valence-electron chi connectivity index (χ2n) is 7.02. The molecule has 2 rings (SSSR count). The summed E-state index contributed by atoms with van der Waals surface area (Å²) in [6.07, 6.45) is 13.7. The van der Waals surface area contributed by atoms with Gasteiger partial charge in [-0.1, -0.05) is 49.2 Å². The molecule has 25 heavy (non-hydrogen) atoms. The van der Waals surface area contributed by atoms with E-state index in [4.69, 9.17) is 4.98 Å². The smallest absolute Gasteiger partial charge is 0.112 e. The molecule has 0 aromatic carbocycles. The third kappa shape index (κ3) is 4.69. The fourth-order valence-electron chi connectivity index (χ4n) is 3.05. The Morgan fingerprint density at radius 3 is 2.56 bits per heavy atom. The molecule has 0 spiro atoms. The SMILES string of the molecule is C/C=c1/nc(CCCCC)n(CC(C)(C)O)/c1=C1\C=CC=C\C1=N/O. The second-order valence-corrected chi connectivity index (χ2v) is 7.02. The Kier molecular flexibility index (Phi) is 6.37. The molecule has 0 unspecified atom stereocenters. The number of allylic oxidation sites excluding steroid dienone is 4. The largest absolute Gasteiger partial charge is 0.410 e. The highest BCUT2D eigenvalue weighted by atomic mass is 16.4. The summed E-state index contributed by atoms with van der Waals surface area (Å²) in [5, 5.41) is 25.0. The zero-order valence-corrected chi connectivity index (χ0v) is 15.7. The molecule has 0 bridgehead atoms. The van der Waals surface area contributed by atoms with Crippen LogP contribution >= 0.6 is 0 Å². The van der Waals surface area contributed by atoms with Gasteiger partial charge in [0.15, 0.2) is 0 Å². The minimum atomic E-state index is -0.870. The summed E-state index contributed by atoms with van der Waals surface area (Å²) < 4.78 is 2.08. The summed E-state index contributed by atoms with van der Waals surface area (Å²) in [6.45, 7) is 8.16. The van der Waals surface area contributed by atoms with Crippen LogP contribution < -0.4 is 10.7 Å². The summed E-state index contributed by atoms with van der Waals surface area (Å²) in [6, 6.07) is 0. The van der Waals surface area contributed by atoms with E-state index in [-0.39, 0.29) is 0 Å². The molecule has 1 aliphatic carbocycles. The molecule has 0 aliphatic heterocycles. The summed E-state index contributed by atoms with van der Waals surface area (Å²) in [7, 11) is 0. The lowest BCUT2D eigenvalue weighted by atomic mass is 10.0. The molecular weight excluding hydrogens is 314 g/mol. The van der Waals surface area contributed by atoms with Gasteiger partial charge in [-0.15, -0.1) is 0 Å². The molecule has 136 valence electrons. The highest BCUT2D eigenvalue weighted by molar-refractivity contribution is 6.28. The van der Waals surface area contributed by atoms with Crippen LogP contribution in [0.3, 0.4) is 0 Å². The molecule has 0 fully saturated rings. The Hall–Kier alpha value is -2.14. The second kappa shape index (κ2) is 8.30. The zero-order valence-electron chi connectivity index (χ0n) is 15.7. The highest BCUT2D eigenvalue weighted by Crippen LogP contribution is 2.11. The molecule has 0 atom stereocenters. The van der Waals surface area contributed by atoms with Crippen molar-refractivity contribution in [2.45, 2.75) is 65.5 Å². The molecule has 5 nitrogen and oxygen atoms in total. The van der Waals surface area contributed by atoms with Gasteiger partial charge in [-0.2, -0.15) is 0 Å². The van der Waals surface area contributed by atoms with Gasteiger partial charge in [0.2, 0.25) is 0 Å². The molecule has 1 aromatic heterocycles. The first-order valence-corrected chi connectivity index (χ1v) is 8.97. The van der Waals surface area contributed by atoms with Gasteiger partial charge < -0.3 is 14.9 Å². The molecule has 2 N–H and O–H groups in total. The number of oxime groups is 1. The lowest BCUT2D eigenvalue weighted by Crippen LogP contribution is -2.39. The number of nitrogens with zero attached hydrogens (tertiary/aromatic N) is 3. The highest BCUT2D eigenvalue weighted by Gasteiger charge is 2.20. The van der Waals surface area contributed by atoms with Crippen molar-refractivity contribution in [1.29, 1.82) is 0 Å². The van der Waals surface area contributed by atoms with E-state index in [9.17, 15) is 10.3 Å². The van der Waals surface area contributed by atoms with E-state index in [0.29, 0.717) is 12.3 Å². The van der Waals surface area contributed by atoms with Gasteiger partial charge in [0, 0.05) is 12.0 Å². The van der Waals surface area contributed by atoms with Crippen LogP contribution in [-0.4, -0.2) is 31.2 Å². The maximum atomic E-state index is 10.4. The van der Waals surface area contributed by atoms with E-state index in [2.05, 4.69) is 16.6 Å². The molecule has 5 heteroatoms. The fraction of sp³-hybridized carbons (Fsp3) is 0.500. The third-order valence-electron chi connectivity index (χ3n) is 4.16. The quantitative estimate of drug-likeness (QED) is 0.473. The number of hydrogen-bond donors (Lipinski definition) is 2. The standard InChI is InChI=1S/C20H29N3O2/c1-5-7-8-13-18-21-16(6-2)19(23(18)14-20(3,4)24)15-11-9-10-12-17(15)22-25/h6,9-12,24-25H,5,7-8,13-14H2,1-4H3/b16-6+,19-15+,22-17+. The summed E-state index contributed by atoms with van der Waals surface area (Å²) in [5.41, 5.74) is 0.449. The number of hydrogen-bond acceptors (Lipinski definition) is 4. The van der Waals surface area contributed by atoms with Crippen molar-refractivity contribution < 1.29 is 10.3 Å². The van der Waals surface area contributed by atoms with Crippen LogP contribution in [0.15, 0.2) is 29.5 Å². The van der Waals surface area contributed by atoms with E-state index in [1.807, 2.05) is 31.2 Å². The number of imidazole rings is 1. The van der Waals surface area contributed by atoms with Crippen LogP contribution in [0.1, 0.15) is 52.8 Å². The zero-order chi connectivity index (χ0) is 18.4. The van der Waals surface area contributed by atoms with Crippen LogP contribution in [-0.2, 0) is 13.0 Å². The van der Waals surface area contributed by atoms with Gasteiger partial charge in [0.05, 0.1) is 22.8 Å². The van der Waals surface area contributed by atoms with Crippen LogP contribution in [0.25, 0.3) is 11.6 Å². The minimum absolute atomic E-state index is 0.435. The predicted octanol–water partition coefficient (Wildman–Crippen LogP) is 2.29. The van der Waals surface area contributed by atoms with Gasteiger partial charge in [0.25, 0.3) is 0 Å². The van der Waals surface area contributed by atoms with E-state index >= 15 is 0 Å². The maximum absolute atomic E-state index is 10.4. The average molecular weight is 343 g/mol. The Morgan fingerprint density at radius 1 is 1.24 bits per heavy atom. The molecule has 1 aromatic rings. The summed E-state index contributed by atoms with van der Waals surface area (Å²) >= 11 is 0. The Morgan fingerprint density at radius 2 is 1.96 bits per heavy atom. The number of aryl methyl sites for hydroxylation is 1. The van der Waals surface area contributed by atoms with Crippen LogP contribution in [0, 0.1) is 0 Å². The molecule has 1 aliphatic rings. The predicted molar refractivity (Wildman–Crippen MR) is 102 cm³/mol. The number of aromatic nitrogens is 2. The maximum Gasteiger partial charge on any atom is 0.112 e. The lowest BCUT2D eigenvalue weighted by Gasteiger charge is -2.20. The van der Waals surface area contributed by atoms with Gasteiger partial charge >= 0.3 is 0 Å². The van der Waals surface area contributed by atoms with Gasteiger partial charge in [-0.3, -0.25) is 0 Å². The van der Waals surface area contributed by atoms with E-state index in [1.165, 1.54) is 0 Å². The molecule has 0 radical (unpaired) electrons. The molecule has 0 amide bonds. The van der Waals surface area contributed by atoms with E-state index in [1.54, 1.807) is 19.9 Å². The van der Waals surface area contributed by atoms with E-state index in [0.717, 1.165) is 47.8 Å². The van der Waals surface area contributed by atoms with Gasteiger partial charge in [-0.05, 0) is 33.3 Å². The molecule has 1 heterocycles. The average Bonchev–Trinajstić information content (AvgIpc) is 2.90. The van der Waals surface area contributed by atoms with Crippen LogP contribution in [0.5, 0.6) is 0 Å². The summed E-state index contributed by atoms with van der Waals surface area (Å²) in [5.74, 6) is 0.964. The van der Waals surface area contributed by atoms with Gasteiger partial charge in [0.1, 0.15) is 11.5 Å². The summed E-state index contributed by atoms with van der Waals surface area (Å²) in [4.78, 5) is 4.81.